The van der Waals surface area contributed by atoms with Crippen molar-refractivity contribution in [2.24, 2.45) is 5.92 Å². The highest BCUT2D eigenvalue weighted by Gasteiger charge is 2.31. The maximum absolute atomic E-state index is 5.83. The molecule has 2 saturated heterocycles. The summed E-state index contributed by atoms with van der Waals surface area (Å²) in [5, 5.41) is 7.46. The van der Waals surface area contributed by atoms with Crippen LogP contribution in [0.25, 0.3) is 0 Å². The molecule has 5 heteroatoms. The molecule has 138 valence electrons. The molecule has 5 nitrogen and oxygen atoms in total. The second-order valence-electron chi connectivity index (χ2n) is 7.66. The Kier molecular flexibility index (Phi) is 5.48. The standard InChI is InChI=1S/C21H29N5/c22-21-8-4-7-18(25-21)11-17-12-23-13-20(17)24-19-9-10-26(15-19)14-16-5-2-1-3-6-16/h1-8,17,19-20,23-24H,9-15H2,(H2,22,25)/t17-,19+,20?/m1/s1. The number of nitrogens with one attached hydrogen (secondary N) is 2. The molecule has 0 bridgehead atoms. The Labute approximate surface area is 156 Å². The predicted molar refractivity (Wildman–Crippen MR) is 106 cm³/mol. The zero-order valence-corrected chi connectivity index (χ0v) is 15.3. The molecule has 0 spiro atoms. The van der Waals surface area contributed by atoms with E-state index in [0.29, 0.717) is 23.8 Å². The lowest BCUT2D eigenvalue weighted by Crippen LogP contribution is -2.44. The summed E-state index contributed by atoms with van der Waals surface area (Å²) < 4.78 is 0. The highest BCUT2D eigenvalue weighted by molar-refractivity contribution is 5.29. The molecule has 2 aliphatic heterocycles. The number of hydrogen-bond acceptors (Lipinski definition) is 5. The molecule has 2 fully saturated rings. The Morgan fingerprint density at radius 3 is 2.85 bits per heavy atom. The van der Waals surface area contributed by atoms with Gasteiger partial charge in [0.2, 0.25) is 0 Å². The molecule has 2 aromatic rings. The van der Waals surface area contributed by atoms with E-state index in [0.717, 1.165) is 38.3 Å². The van der Waals surface area contributed by atoms with Crippen LogP contribution in [-0.4, -0.2) is 48.1 Å². The van der Waals surface area contributed by atoms with E-state index in [9.17, 15) is 0 Å². The number of nitrogens with two attached hydrogens (primary N) is 1. The van der Waals surface area contributed by atoms with Crippen LogP contribution in [0.2, 0.25) is 0 Å². The number of benzene rings is 1. The van der Waals surface area contributed by atoms with Crippen molar-refractivity contribution in [3.05, 3.63) is 59.8 Å². The van der Waals surface area contributed by atoms with Crippen LogP contribution >= 0.6 is 0 Å². The molecule has 1 aromatic carbocycles. The third kappa shape index (κ3) is 4.41. The zero-order valence-electron chi connectivity index (χ0n) is 15.3. The number of nitrogens with zero attached hydrogens (tertiary/aromatic N) is 2. The quantitative estimate of drug-likeness (QED) is 0.739. The summed E-state index contributed by atoms with van der Waals surface area (Å²) in [6.07, 6.45) is 2.21. The lowest BCUT2D eigenvalue weighted by Gasteiger charge is -2.24. The van der Waals surface area contributed by atoms with Gasteiger partial charge in [-0.2, -0.15) is 0 Å². The Bertz CT molecular complexity index is 705. The Hall–Kier alpha value is -1.95. The molecule has 3 atom stereocenters. The fraction of sp³-hybridized carbons (Fsp3) is 0.476. The predicted octanol–water partition coefficient (Wildman–Crippen LogP) is 1.66. The second kappa shape index (κ2) is 8.16. The van der Waals surface area contributed by atoms with E-state index in [-0.39, 0.29) is 0 Å². The van der Waals surface area contributed by atoms with Gasteiger partial charge in [0.05, 0.1) is 0 Å². The fourth-order valence-electron chi connectivity index (χ4n) is 4.28. The SMILES string of the molecule is Nc1cccc(C[C@@H]2CNCC2N[C@H]2CCN(Cc3ccccc3)C2)n1. The van der Waals surface area contributed by atoms with Crippen molar-refractivity contribution in [3.63, 3.8) is 0 Å². The van der Waals surface area contributed by atoms with Gasteiger partial charge < -0.3 is 16.4 Å². The zero-order chi connectivity index (χ0) is 17.8. The molecular weight excluding hydrogens is 322 g/mol. The van der Waals surface area contributed by atoms with E-state index in [1.165, 1.54) is 18.5 Å². The van der Waals surface area contributed by atoms with Crippen molar-refractivity contribution in [2.75, 3.05) is 31.9 Å². The van der Waals surface area contributed by atoms with Crippen LogP contribution in [0.3, 0.4) is 0 Å². The van der Waals surface area contributed by atoms with Crippen molar-refractivity contribution >= 4 is 5.82 Å². The van der Waals surface area contributed by atoms with E-state index in [1.807, 2.05) is 12.1 Å². The number of hydrogen-bond donors (Lipinski definition) is 3. The van der Waals surface area contributed by atoms with Crippen molar-refractivity contribution in [3.8, 4) is 0 Å². The first-order valence-corrected chi connectivity index (χ1v) is 9.71. The van der Waals surface area contributed by atoms with E-state index in [2.05, 4.69) is 56.9 Å². The van der Waals surface area contributed by atoms with E-state index in [4.69, 9.17) is 5.73 Å². The Morgan fingerprint density at radius 1 is 1.12 bits per heavy atom. The summed E-state index contributed by atoms with van der Waals surface area (Å²) in [5.74, 6) is 1.19. The molecule has 4 N–H and O–H groups in total. The third-order valence-corrected chi connectivity index (χ3v) is 5.61. The summed E-state index contributed by atoms with van der Waals surface area (Å²) in [6, 6.07) is 17.8. The van der Waals surface area contributed by atoms with E-state index >= 15 is 0 Å². The molecule has 26 heavy (non-hydrogen) atoms. The fourth-order valence-corrected chi connectivity index (χ4v) is 4.28. The lowest BCUT2D eigenvalue weighted by atomic mass is 9.96. The summed E-state index contributed by atoms with van der Waals surface area (Å²) >= 11 is 0. The van der Waals surface area contributed by atoms with Crippen molar-refractivity contribution < 1.29 is 0 Å². The monoisotopic (exact) mass is 351 g/mol. The smallest absolute Gasteiger partial charge is 0.123 e. The third-order valence-electron chi connectivity index (χ3n) is 5.61. The number of pyridine rings is 1. The minimum absolute atomic E-state index is 0.514. The lowest BCUT2D eigenvalue weighted by molar-refractivity contribution is 0.307. The van der Waals surface area contributed by atoms with Crippen LogP contribution in [0.5, 0.6) is 0 Å². The van der Waals surface area contributed by atoms with Gasteiger partial charge in [0, 0.05) is 44.0 Å². The molecule has 1 aromatic heterocycles. The maximum atomic E-state index is 5.83. The second-order valence-corrected chi connectivity index (χ2v) is 7.66. The van der Waals surface area contributed by atoms with Gasteiger partial charge in [0.25, 0.3) is 0 Å². The molecule has 0 saturated carbocycles. The van der Waals surface area contributed by atoms with Gasteiger partial charge in [0.1, 0.15) is 5.82 Å². The number of nitrogen functional groups attached to an aromatic ring is 1. The summed E-state index contributed by atoms with van der Waals surface area (Å²) in [6.45, 7) is 5.46. The summed E-state index contributed by atoms with van der Waals surface area (Å²) in [4.78, 5) is 7.04. The van der Waals surface area contributed by atoms with Gasteiger partial charge in [-0.15, -0.1) is 0 Å². The average Bonchev–Trinajstić information content (AvgIpc) is 3.26. The van der Waals surface area contributed by atoms with Crippen LogP contribution in [0.4, 0.5) is 5.82 Å². The molecule has 0 aliphatic carbocycles. The first-order chi connectivity index (χ1) is 12.8. The van der Waals surface area contributed by atoms with Crippen molar-refractivity contribution in [1.82, 2.24) is 20.5 Å². The van der Waals surface area contributed by atoms with Crippen LogP contribution < -0.4 is 16.4 Å². The highest BCUT2D eigenvalue weighted by Crippen LogP contribution is 2.19. The first-order valence-electron chi connectivity index (χ1n) is 9.71. The highest BCUT2D eigenvalue weighted by atomic mass is 15.2. The molecular formula is C21H29N5. The van der Waals surface area contributed by atoms with Gasteiger partial charge in [-0.25, -0.2) is 4.98 Å². The maximum Gasteiger partial charge on any atom is 0.123 e. The molecule has 4 rings (SSSR count). The van der Waals surface area contributed by atoms with Crippen LogP contribution in [0.1, 0.15) is 17.7 Å². The Morgan fingerprint density at radius 2 is 2.00 bits per heavy atom. The van der Waals surface area contributed by atoms with Crippen molar-refractivity contribution in [1.29, 1.82) is 0 Å². The normalized spacial score (nSPS) is 26.4. The topological polar surface area (TPSA) is 66.2 Å². The van der Waals surface area contributed by atoms with Gasteiger partial charge in [-0.3, -0.25) is 4.90 Å². The summed E-state index contributed by atoms with van der Waals surface area (Å²) in [7, 11) is 0. The van der Waals surface area contributed by atoms with Crippen LogP contribution in [-0.2, 0) is 13.0 Å². The minimum atomic E-state index is 0.514. The number of anilines is 1. The number of rotatable bonds is 6. The average molecular weight is 351 g/mol. The molecule has 0 amide bonds. The first kappa shape index (κ1) is 17.5. The van der Waals surface area contributed by atoms with E-state index in [1.54, 1.807) is 0 Å². The van der Waals surface area contributed by atoms with Crippen molar-refractivity contribution in [2.45, 2.75) is 31.5 Å². The van der Waals surface area contributed by atoms with E-state index < -0.39 is 0 Å². The van der Waals surface area contributed by atoms with Crippen LogP contribution in [0.15, 0.2) is 48.5 Å². The summed E-state index contributed by atoms with van der Waals surface area (Å²) in [5.41, 5.74) is 8.33. The molecule has 2 aliphatic rings. The molecule has 0 radical (unpaired) electrons. The van der Waals surface area contributed by atoms with Gasteiger partial charge in [-0.1, -0.05) is 36.4 Å². The molecule has 1 unspecified atom stereocenters. The van der Waals surface area contributed by atoms with Gasteiger partial charge in [-0.05, 0) is 43.0 Å². The van der Waals surface area contributed by atoms with Gasteiger partial charge >= 0.3 is 0 Å². The Balaban J connectivity index is 1.29. The number of aromatic nitrogens is 1. The number of likely N-dealkylation sites (tertiary alicyclic amines) is 1. The van der Waals surface area contributed by atoms with Crippen LogP contribution in [0, 0.1) is 5.92 Å². The minimum Gasteiger partial charge on any atom is -0.384 e. The molecule has 3 heterocycles. The van der Waals surface area contributed by atoms with Gasteiger partial charge in [0.15, 0.2) is 0 Å². The largest absolute Gasteiger partial charge is 0.384 e.